The van der Waals surface area contributed by atoms with E-state index >= 15 is 0 Å². The Morgan fingerprint density at radius 2 is 1.12 bits per heavy atom. The van der Waals surface area contributed by atoms with Gasteiger partial charge in [0.05, 0.1) is 63.6 Å². The van der Waals surface area contributed by atoms with Crippen LogP contribution in [0.1, 0.15) is 46.7 Å². The second-order valence-electron chi connectivity index (χ2n) is 13.8. The molecule has 4 N–H and O–H groups in total. The van der Waals surface area contributed by atoms with E-state index in [1.54, 1.807) is 62.4 Å². The first-order valence-electron chi connectivity index (χ1n) is 23.6. The molecule has 0 spiro atoms. The highest BCUT2D eigenvalue weighted by Gasteiger charge is 2.34. The molecule has 30 heteroatoms. The number of hydrogen-bond donors (Lipinski definition) is 2. The number of carbonyl (C=O) groups excluding carboxylic acids is 2. The van der Waals surface area contributed by atoms with Gasteiger partial charge in [-0.2, -0.15) is 19.9 Å². The first kappa shape index (κ1) is 48.4. The zero-order valence-electron chi connectivity index (χ0n) is 43.6. The number of nitro groups is 2. The number of nitrogens with zero attached hydrogens (tertiary/aromatic N) is 8. The molecule has 8 radical (unpaired) electrons. The highest BCUT2D eigenvalue weighted by Crippen LogP contribution is 2.37. The first-order valence-corrected chi connectivity index (χ1v) is 20.6. The second kappa shape index (κ2) is 26.0. The molecule has 8 bridgehead atoms. The SMILES string of the molecule is CCOC(=O)N1Cc2ccc(OC)c(c2)OC/C=C\COc2nc(N)c([N+](=O)[O-])c1n2.CCOC(=O)N1Cc2ccc(OC)c(c2)OCCCCOc2nc(N)c([N+](=O)[O-])c1n2.[2H][2H].[2H][2H].[2H][2H].[B]B([B])B([B])[B]. The Morgan fingerprint density at radius 1 is 0.706 bits per heavy atom. The highest BCUT2D eigenvalue weighted by molar-refractivity contribution is 7.76. The lowest BCUT2D eigenvalue weighted by Gasteiger charge is -2.22. The largest absolute Gasteiger partial charge is 0.493 e. The Kier molecular flexibility index (Phi) is 18.5. The molecule has 2 aromatic heterocycles. The van der Waals surface area contributed by atoms with Crippen LogP contribution in [0.3, 0.4) is 0 Å². The van der Waals surface area contributed by atoms with Crippen LogP contribution in [0.15, 0.2) is 48.6 Å². The summed E-state index contributed by atoms with van der Waals surface area (Å²) in [5.74, 6) is 0.422. The van der Waals surface area contributed by atoms with Crippen LogP contribution in [0, 0.1) is 20.2 Å². The lowest BCUT2D eigenvalue weighted by molar-refractivity contribution is -0.383. The van der Waals surface area contributed by atoms with Gasteiger partial charge < -0.3 is 49.4 Å². The maximum absolute atomic E-state index is 12.7. The first-order chi connectivity index (χ1) is 35.5. The molecule has 0 saturated carbocycles. The van der Waals surface area contributed by atoms with Crippen molar-refractivity contribution >= 4 is 90.6 Å². The minimum atomic E-state index is -0.847. The van der Waals surface area contributed by atoms with E-state index in [0.29, 0.717) is 53.6 Å². The summed E-state index contributed by atoms with van der Waals surface area (Å²) in [4.78, 5) is 65.2. The molecule has 6 rings (SSSR count). The number of carbonyl (C=O) groups is 2. The smallest absolute Gasteiger partial charge is 0.415 e. The fourth-order valence-electron chi connectivity index (χ4n) is 5.76. The maximum atomic E-state index is 12.7. The van der Waals surface area contributed by atoms with Crippen LogP contribution < -0.4 is 49.7 Å². The van der Waals surface area contributed by atoms with Crippen molar-refractivity contribution in [3.8, 4) is 35.0 Å². The molecule has 68 heavy (non-hydrogen) atoms. The second-order valence-corrected chi connectivity index (χ2v) is 13.8. The van der Waals surface area contributed by atoms with Crippen LogP contribution in [-0.2, 0) is 22.6 Å². The third kappa shape index (κ3) is 14.7. The van der Waals surface area contributed by atoms with Crippen molar-refractivity contribution < 1.29 is 66.2 Å². The van der Waals surface area contributed by atoms with E-state index in [4.69, 9.17) is 89.2 Å². The molecule has 4 aromatic rings. The van der Waals surface area contributed by atoms with Crippen LogP contribution in [0.25, 0.3) is 0 Å². The van der Waals surface area contributed by atoms with Crippen molar-refractivity contribution in [2.75, 3.05) is 75.1 Å². The standard InChI is InChI=1S/C19H23N5O7.C19H21N5O7.B6.3H2/c2*1-3-29-19(25)23-11-12-6-7-13(28-2)14(10-12)30-8-4-5-9-31-18-21-16(20)15(24(26)27)17(23)22-18;1-5(2)6(3)4;;;/h6-7,10H,3-5,8-9,11H2,1-2H3,(H2,20,21,22);4-7,10H,3,8-9,11H2,1-2H3,(H2,20,21,22);;3*1H/b;5-4-;;;;/i;;;3*1+1D. The highest BCUT2D eigenvalue weighted by atomic mass is 16.6. The maximum Gasteiger partial charge on any atom is 0.415 e. The number of ether oxygens (including phenoxy) is 8. The Hall–Kier alpha value is -7.53. The zero-order valence-corrected chi connectivity index (χ0v) is 37.6. The molecule has 0 fully saturated rings. The van der Waals surface area contributed by atoms with Crippen LogP contribution in [0.5, 0.6) is 35.0 Å². The number of hydrogen-bond acceptors (Lipinski definition) is 20. The molecule has 354 valence electrons. The van der Waals surface area contributed by atoms with Gasteiger partial charge >= 0.3 is 35.6 Å². The van der Waals surface area contributed by atoms with Crippen molar-refractivity contribution in [2.24, 2.45) is 0 Å². The number of fused-ring (bicyclic) bond motifs is 8. The summed E-state index contributed by atoms with van der Waals surface area (Å²) in [6.45, 7) is 4.07. The van der Waals surface area contributed by atoms with Gasteiger partial charge in [0.1, 0.15) is 13.2 Å². The van der Waals surface area contributed by atoms with Gasteiger partial charge in [0.15, 0.2) is 23.0 Å². The van der Waals surface area contributed by atoms with E-state index < -0.39 is 57.8 Å². The van der Waals surface area contributed by atoms with E-state index in [0.717, 1.165) is 9.80 Å². The van der Waals surface area contributed by atoms with Crippen LogP contribution in [0.2, 0.25) is 0 Å². The molecule has 0 atom stereocenters. The summed E-state index contributed by atoms with van der Waals surface area (Å²) in [6, 6.07) is 9.73. The average molecular weight is 942 g/mol. The molecule has 2 amide bonds. The number of rotatable bonds is 7. The predicted octanol–water partition coefficient (Wildman–Crippen LogP) is 3.61. The summed E-state index contributed by atoms with van der Waals surface area (Å²) in [7, 11) is 22.9. The topological polar surface area (TPSA) is 304 Å². The fourth-order valence-corrected chi connectivity index (χ4v) is 5.76. The third-order valence-electron chi connectivity index (χ3n) is 9.02. The van der Waals surface area contributed by atoms with E-state index in [2.05, 4.69) is 19.9 Å². The molecule has 4 heterocycles. The van der Waals surface area contributed by atoms with Crippen LogP contribution in [0.4, 0.5) is 44.2 Å². The van der Waals surface area contributed by atoms with Crippen LogP contribution in [-0.4, -0.2) is 140 Å². The molecule has 0 saturated heterocycles. The quantitative estimate of drug-likeness (QED) is 0.116. The van der Waals surface area contributed by atoms with Gasteiger partial charge in [-0.25, -0.2) is 9.59 Å². The van der Waals surface area contributed by atoms with Crippen molar-refractivity contribution in [3.05, 3.63) is 79.9 Å². The minimum Gasteiger partial charge on any atom is -0.493 e. The minimum absolute atomic E-state index is 0.0504. The van der Waals surface area contributed by atoms with Crippen molar-refractivity contribution in [1.29, 1.82) is 0 Å². The lowest BCUT2D eigenvalue weighted by atomic mass is 8.81. The van der Waals surface area contributed by atoms with Crippen LogP contribution >= 0.6 is 0 Å². The number of anilines is 4. The molecular weight excluding hydrogens is 885 g/mol. The van der Waals surface area contributed by atoms with Crippen molar-refractivity contribution in [1.82, 2.24) is 19.9 Å². The molecule has 0 unspecified atom stereocenters. The molecule has 2 aliphatic heterocycles. The summed E-state index contributed by atoms with van der Waals surface area (Å²) < 4.78 is 73.3. The molecular formula is C38H50B6N10O14. The zero-order chi connectivity index (χ0) is 55.9. The number of nitrogen functional groups attached to an aromatic ring is 2. The van der Waals surface area contributed by atoms with E-state index in [-0.39, 0.29) is 69.8 Å². The van der Waals surface area contributed by atoms with E-state index in [9.17, 15) is 29.8 Å². The lowest BCUT2D eigenvalue weighted by Crippen LogP contribution is -2.38. The van der Waals surface area contributed by atoms with Gasteiger partial charge in [-0.05, 0) is 74.2 Å². The summed E-state index contributed by atoms with van der Waals surface area (Å²) >= 11 is 0. The monoisotopic (exact) mass is 942 g/mol. The summed E-state index contributed by atoms with van der Waals surface area (Å²) in [6.07, 6.45) is 1.80. The van der Waals surface area contributed by atoms with Gasteiger partial charge in [0.25, 0.3) is 0 Å². The van der Waals surface area contributed by atoms with Gasteiger partial charge in [-0.15, -0.1) is 0 Å². The number of nitrogens with two attached hydrogens (primary N) is 2. The Morgan fingerprint density at radius 3 is 1.53 bits per heavy atom. The van der Waals surface area contributed by atoms with Gasteiger partial charge in [-0.1, -0.05) is 12.1 Å². The van der Waals surface area contributed by atoms with E-state index in [1.807, 2.05) is 0 Å². The van der Waals surface area contributed by atoms with Gasteiger partial charge in [-0.3, -0.25) is 30.0 Å². The van der Waals surface area contributed by atoms with Crippen molar-refractivity contribution in [2.45, 2.75) is 39.8 Å². The average Bonchev–Trinajstić information content (AvgIpc) is 3.38. The normalized spacial score (nSPS) is 13.9. The fraction of sp³-hybridized carbons (Fsp3) is 0.368. The number of benzene rings is 2. The molecule has 2 aromatic carbocycles. The Labute approximate surface area is 406 Å². The van der Waals surface area contributed by atoms with Gasteiger partial charge in [0, 0.05) is 52.6 Å². The third-order valence-corrected chi connectivity index (χ3v) is 9.02. The summed E-state index contributed by atoms with van der Waals surface area (Å²) in [5, 5.41) is 23.4. The number of aromatic nitrogens is 4. The molecule has 2 aliphatic rings. The molecule has 24 nitrogen and oxygen atoms in total. The van der Waals surface area contributed by atoms with E-state index in [1.165, 1.54) is 14.2 Å². The molecule has 0 aliphatic carbocycles. The predicted molar refractivity (Wildman–Crippen MR) is 260 cm³/mol. The van der Waals surface area contributed by atoms with Crippen molar-refractivity contribution in [3.63, 3.8) is 0 Å². The number of amides is 2. The Balaban J connectivity index is 0.000000611. The van der Waals surface area contributed by atoms with Gasteiger partial charge in [0.2, 0.25) is 23.3 Å². The summed E-state index contributed by atoms with van der Waals surface area (Å²) in [5.41, 5.74) is 11.6. The Bertz CT molecular complexity index is 2450. The number of methoxy groups -OCH3 is 2.